The molecule has 0 aliphatic carbocycles. The quantitative estimate of drug-likeness (QED) is 0.456. The van der Waals surface area contributed by atoms with Crippen molar-refractivity contribution in [3.8, 4) is 5.75 Å². The van der Waals surface area contributed by atoms with E-state index in [0.29, 0.717) is 5.56 Å². The van der Waals surface area contributed by atoms with E-state index >= 15 is 0 Å². The third-order valence-electron chi connectivity index (χ3n) is 3.12. The van der Waals surface area contributed by atoms with Crippen molar-refractivity contribution in [3.05, 3.63) is 29.8 Å². The summed E-state index contributed by atoms with van der Waals surface area (Å²) in [4.78, 5) is 23.0. The molecule has 4 heteroatoms. The number of carbonyl (C=O) groups is 2. The highest BCUT2D eigenvalue weighted by atomic mass is 16.7. The number of ether oxygens (including phenoxy) is 1. The number of carboxylic acid groups (broad SMARTS) is 1. The standard InChI is InChI=1S/C15H20O4/c1-3-5-8-11(4-2)14(16)12-9-6-7-10-13(12)19-15(17)18/h6-7,9-11H,3-5,8H2,1-2H3,(H,17,18). The van der Waals surface area contributed by atoms with E-state index in [0.717, 1.165) is 25.7 Å². The van der Waals surface area contributed by atoms with Crippen molar-refractivity contribution < 1.29 is 19.4 Å². The fraction of sp³-hybridized carbons (Fsp3) is 0.467. The molecule has 0 aliphatic heterocycles. The number of hydrogen-bond acceptors (Lipinski definition) is 3. The van der Waals surface area contributed by atoms with Crippen LogP contribution in [0.1, 0.15) is 49.9 Å². The third kappa shape index (κ3) is 4.39. The lowest BCUT2D eigenvalue weighted by Gasteiger charge is -2.15. The maximum Gasteiger partial charge on any atom is 0.511 e. The second kappa shape index (κ2) is 7.56. The number of carbonyl (C=O) groups excluding carboxylic acids is 1. The molecule has 0 aromatic heterocycles. The average molecular weight is 264 g/mol. The van der Waals surface area contributed by atoms with Crippen molar-refractivity contribution >= 4 is 11.9 Å². The van der Waals surface area contributed by atoms with Gasteiger partial charge in [0.2, 0.25) is 0 Å². The van der Waals surface area contributed by atoms with E-state index in [1.54, 1.807) is 18.2 Å². The minimum absolute atomic E-state index is 0.0344. The van der Waals surface area contributed by atoms with Crippen molar-refractivity contribution in [1.29, 1.82) is 0 Å². The summed E-state index contributed by atoms with van der Waals surface area (Å²) in [6.07, 6.45) is 2.21. The molecule has 0 aliphatic rings. The van der Waals surface area contributed by atoms with E-state index in [2.05, 4.69) is 11.7 Å². The van der Waals surface area contributed by atoms with Gasteiger partial charge in [-0.1, -0.05) is 38.8 Å². The molecule has 0 amide bonds. The van der Waals surface area contributed by atoms with Crippen LogP contribution in [0.4, 0.5) is 4.79 Å². The number of ketones is 1. The van der Waals surface area contributed by atoms with Gasteiger partial charge in [0, 0.05) is 5.92 Å². The molecule has 104 valence electrons. The first-order valence-electron chi connectivity index (χ1n) is 6.64. The zero-order valence-corrected chi connectivity index (χ0v) is 11.4. The topological polar surface area (TPSA) is 63.6 Å². The number of hydrogen-bond donors (Lipinski definition) is 1. The molecule has 1 aromatic rings. The lowest BCUT2D eigenvalue weighted by molar-refractivity contribution is 0.0904. The van der Waals surface area contributed by atoms with E-state index in [1.807, 2.05) is 6.92 Å². The first-order chi connectivity index (χ1) is 9.10. The van der Waals surface area contributed by atoms with Crippen LogP contribution in [0.3, 0.4) is 0 Å². The highest BCUT2D eigenvalue weighted by Crippen LogP contribution is 2.25. The summed E-state index contributed by atoms with van der Waals surface area (Å²) < 4.78 is 4.66. The van der Waals surface area contributed by atoms with Crippen LogP contribution in [-0.2, 0) is 0 Å². The lowest BCUT2D eigenvalue weighted by Crippen LogP contribution is -2.16. The first kappa shape index (κ1) is 15.2. The largest absolute Gasteiger partial charge is 0.511 e. The molecule has 1 atom stereocenters. The number of unbranched alkanes of at least 4 members (excludes halogenated alkanes) is 1. The van der Waals surface area contributed by atoms with Gasteiger partial charge < -0.3 is 9.84 Å². The Labute approximate surface area is 113 Å². The number of rotatable bonds is 7. The summed E-state index contributed by atoms with van der Waals surface area (Å²) in [6.45, 7) is 4.05. The summed E-state index contributed by atoms with van der Waals surface area (Å²) in [6, 6.07) is 6.50. The molecular formula is C15H20O4. The van der Waals surface area contributed by atoms with Gasteiger partial charge in [0.25, 0.3) is 0 Å². The molecule has 0 heterocycles. The Morgan fingerprint density at radius 2 is 1.95 bits per heavy atom. The molecule has 0 radical (unpaired) electrons. The van der Waals surface area contributed by atoms with Crippen LogP contribution in [0.15, 0.2) is 24.3 Å². The summed E-state index contributed by atoms with van der Waals surface area (Å²) in [7, 11) is 0. The Bertz CT molecular complexity index is 440. The highest BCUT2D eigenvalue weighted by molar-refractivity contribution is 6.00. The normalized spacial score (nSPS) is 11.9. The van der Waals surface area contributed by atoms with Crippen molar-refractivity contribution in [2.24, 2.45) is 5.92 Å². The predicted octanol–water partition coefficient (Wildman–Crippen LogP) is 4.14. The van der Waals surface area contributed by atoms with Gasteiger partial charge in [-0.3, -0.25) is 4.79 Å². The SMILES string of the molecule is CCCCC(CC)C(=O)c1ccccc1OC(=O)O. The van der Waals surface area contributed by atoms with Crippen molar-refractivity contribution in [2.45, 2.75) is 39.5 Å². The maximum atomic E-state index is 12.4. The summed E-state index contributed by atoms with van der Waals surface area (Å²) >= 11 is 0. The van der Waals surface area contributed by atoms with Crippen LogP contribution in [-0.4, -0.2) is 17.0 Å². The smallest absolute Gasteiger partial charge is 0.449 e. The second-order valence-electron chi connectivity index (χ2n) is 4.48. The molecule has 0 saturated carbocycles. The Morgan fingerprint density at radius 3 is 2.53 bits per heavy atom. The Hall–Kier alpha value is -1.84. The van der Waals surface area contributed by atoms with Gasteiger partial charge >= 0.3 is 6.16 Å². The molecule has 0 saturated heterocycles. The van der Waals surface area contributed by atoms with Crippen molar-refractivity contribution in [2.75, 3.05) is 0 Å². The van der Waals surface area contributed by atoms with Gasteiger partial charge in [0.1, 0.15) is 5.75 Å². The zero-order valence-electron chi connectivity index (χ0n) is 11.4. The summed E-state index contributed by atoms with van der Waals surface area (Å²) in [5, 5.41) is 8.68. The molecule has 0 fully saturated rings. The molecule has 19 heavy (non-hydrogen) atoms. The van der Waals surface area contributed by atoms with Crippen LogP contribution in [0.5, 0.6) is 5.75 Å². The van der Waals surface area contributed by atoms with Crippen LogP contribution < -0.4 is 4.74 Å². The Morgan fingerprint density at radius 1 is 1.26 bits per heavy atom. The third-order valence-corrected chi connectivity index (χ3v) is 3.12. The summed E-state index contributed by atoms with van der Waals surface area (Å²) in [5.74, 6) is 0.0150. The van der Waals surface area contributed by atoms with Gasteiger partial charge in [-0.05, 0) is 25.0 Å². The maximum absolute atomic E-state index is 12.4. The Kier molecular flexibility index (Phi) is 6.06. The highest BCUT2D eigenvalue weighted by Gasteiger charge is 2.21. The van der Waals surface area contributed by atoms with Gasteiger partial charge in [-0.15, -0.1) is 0 Å². The minimum Gasteiger partial charge on any atom is -0.449 e. The summed E-state index contributed by atoms with van der Waals surface area (Å²) in [5.41, 5.74) is 0.354. The van der Waals surface area contributed by atoms with Crippen LogP contribution in [0.25, 0.3) is 0 Å². The van der Waals surface area contributed by atoms with E-state index in [-0.39, 0.29) is 17.5 Å². The van der Waals surface area contributed by atoms with E-state index in [1.165, 1.54) is 6.07 Å². The van der Waals surface area contributed by atoms with Gasteiger partial charge in [-0.2, -0.15) is 0 Å². The molecule has 0 spiro atoms. The monoisotopic (exact) mass is 264 g/mol. The minimum atomic E-state index is -1.40. The van der Waals surface area contributed by atoms with E-state index < -0.39 is 6.16 Å². The number of benzene rings is 1. The van der Waals surface area contributed by atoms with Gasteiger partial charge in [0.15, 0.2) is 5.78 Å². The molecule has 1 N–H and O–H groups in total. The Balaban J connectivity index is 2.93. The number of Topliss-reactive ketones (excluding diaryl/α,β-unsaturated/α-hetero) is 1. The lowest BCUT2D eigenvalue weighted by atomic mass is 9.90. The van der Waals surface area contributed by atoms with Crippen LogP contribution in [0.2, 0.25) is 0 Å². The van der Waals surface area contributed by atoms with Crippen molar-refractivity contribution in [1.82, 2.24) is 0 Å². The van der Waals surface area contributed by atoms with Crippen LogP contribution >= 0.6 is 0 Å². The van der Waals surface area contributed by atoms with Gasteiger partial charge in [0.05, 0.1) is 5.56 Å². The molecule has 1 unspecified atom stereocenters. The molecule has 4 nitrogen and oxygen atoms in total. The molecule has 1 aromatic carbocycles. The van der Waals surface area contributed by atoms with Crippen molar-refractivity contribution in [3.63, 3.8) is 0 Å². The number of para-hydroxylation sites is 1. The second-order valence-corrected chi connectivity index (χ2v) is 4.48. The molecular weight excluding hydrogens is 244 g/mol. The average Bonchev–Trinajstić information content (AvgIpc) is 2.39. The molecule has 1 rings (SSSR count). The van der Waals surface area contributed by atoms with E-state index in [4.69, 9.17) is 5.11 Å². The first-order valence-corrected chi connectivity index (χ1v) is 6.64. The predicted molar refractivity (Wildman–Crippen MR) is 72.7 cm³/mol. The zero-order chi connectivity index (χ0) is 14.3. The van der Waals surface area contributed by atoms with E-state index in [9.17, 15) is 9.59 Å². The van der Waals surface area contributed by atoms with Gasteiger partial charge in [-0.25, -0.2) is 4.79 Å². The fourth-order valence-electron chi connectivity index (χ4n) is 2.04. The fourth-order valence-corrected chi connectivity index (χ4v) is 2.04. The van der Waals surface area contributed by atoms with Crippen LogP contribution in [0, 0.1) is 5.92 Å². The molecule has 0 bridgehead atoms.